The fourth-order valence-corrected chi connectivity index (χ4v) is 4.76. The molecule has 0 aliphatic heterocycles. The average Bonchev–Trinajstić information content (AvgIpc) is 2.94. The van der Waals surface area contributed by atoms with Gasteiger partial charge in [0, 0.05) is 16.7 Å². The quantitative estimate of drug-likeness (QED) is 0.163. The van der Waals surface area contributed by atoms with Crippen LogP contribution in [0.5, 0.6) is 11.5 Å². The van der Waals surface area contributed by atoms with E-state index in [1.807, 2.05) is 0 Å². The lowest BCUT2D eigenvalue weighted by molar-refractivity contribution is -0.139. The molecule has 4 nitrogen and oxygen atoms in total. The number of aliphatic hydroxyl groups excluding tert-OH is 1. The first-order valence-electron chi connectivity index (χ1n) is 13.1. The first-order chi connectivity index (χ1) is 19.2. The van der Waals surface area contributed by atoms with Crippen molar-refractivity contribution < 1.29 is 41.3 Å². The van der Waals surface area contributed by atoms with Crippen LogP contribution in [-0.4, -0.2) is 17.7 Å². The summed E-state index contributed by atoms with van der Waals surface area (Å²) in [4.78, 5) is 12.6. The molecule has 0 saturated carbocycles. The summed E-state index contributed by atoms with van der Waals surface area (Å²) in [6.07, 6.45) is 2.11. The van der Waals surface area contributed by atoms with Crippen LogP contribution in [0.2, 0.25) is 0 Å². The lowest BCUT2D eigenvalue weighted by atomic mass is 9.86. The molecule has 0 heterocycles. The number of hydrogen-bond donors (Lipinski definition) is 1. The average molecular weight is 561 g/mol. The van der Waals surface area contributed by atoms with Gasteiger partial charge in [0.2, 0.25) is 11.6 Å². The number of aliphatic hydroxyl groups is 1. The Morgan fingerprint density at radius 2 is 1.62 bits per heavy atom. The van der Waals surface area contributed by atoms with Gasteiger partial charge in [-0.15, -0.1) is 0 Å². The topological polar surface area (TPSA) is 55.8 Å². The van der Waals surface area contributed by atoms with Crippen molar-refractivity contribution in [2.45, 2.75) is 52.1 Å². The molecule has 1 N–H and O–H groups in total. The zero-order valence-corrected chi connectivity index (χ0v) is 22.1. The standard InChI is InChI=1S/C31H29F5O4/c1-3-5-24(37)22-13-15-26(30(36)28(22)34)40-31(38)18-8-6-17(7-9-18)20-11-10-19(16-23(20)32)21-12-14-25(39-4-2)29(35)27(21)33/h6,10-16,18,24,37H,3-5,7-9H2,1-2H3. The molecule has 3 aromatic carbocycles. The minimum Gasteiger partial charge on any atom is -0.491 e. The van der Waals surface area contributed by atoms with Crippen molar-refractivity contribution in [2.75, 3.05) is 6.61 Å². The summed E-state index contributed by atoms with van der Waals surface area (Å²) in [5.74, 6) is -7.73. The number of benzene rings is 3. The fraction of sp³-hybridized carbons (Fsp3) is 0.323. The van der Waals surface area contributed by atoms with Crippen LogP contribution in [-0.2, 0) is 4.79 Å². The normalized spacial score (nSPS) is 15.9. The van der Waals surface area contributed by atoms with Gasteiger partial charge in [-0.05, 0) is 74.1 Å². The molecule has 3 aromatic rings. The summed E-state index contributed by atoms with van der Waals surface area (Å²) in [5, 5.41) is 9.98. The molecular formula is C31H29F5O4. The molecule has 2 unspecified atom stereocenters. The molecule has 0 spiro atoms. The highest BCUT2D eigenvalue weighted by Crippen LogP contribution is 2.36. The van der Waals surface area contributed by atoms with Gasteiger partial charge >= 0.3 is 5.97 Å². The van der Waals surface area contributed by atoms with Crippen LogP contribution in [0.15, 0.2) is 48.5 Å². The smallest absolute Gasteiger partial charge is 0.314 e. The van der Waals surface area contributed by atoms with Crippen LogP contribution >= 0.6 is 0 Å². The number of ether oxygens (including phenoxy) is 2. The molecule has 2 atom stereocenters. The Balaban J connectivity index is 1.45. The van der Waals surface area contributed by atoms with Gasteiger partial charge in [0.05, 0.1) is 18.6 Å². The van der Waals surface area contributed by atoms with E-state index in [9.17, 15) is 27.5 Å². The molecule has 0 radical (unpaired) electrons. The van der Waals surface area contributed by atoms with E-state index in [1.54, 1.807) is 19.9 Å². The number of carbonyl (C=O) groups is 1. The Kier molecular flexibility index (Phi) is 9.25. The van der Waals surface area contributed by atoms with Crippen molar-refractivity contribution >= 4 is 11.5 Å². The predicted molar refractivity (Wildman–Crippen MR) is 140 cm³/mol. The molecule has 40 heavy (non-hydrogen) atoms. The molecule has 0 amide bonds. The molecule has 1 aliphatic carbocycles. The van der Waals surface area contributed by atoms with Crippen molar-refractivity contribution in [1.82, 2.24) is 0 Å². The molecule has 9 heteroatoms. The molecule has 212 valence electrons. The minimum atomic E-state index is -1.35. The highest BCUT2D eigenvalue weighted by Gasteiger charge is 2.27. The number of halogens is 5. The van der Waals surface area contributed by atoms with Gasteiger partial charge in [0.15, 0.2) is 23.1 Å². The van der Waals surface area contributed by atoms with Crippen LogP contribution in [0.4, 0.5) is 22.0 Å². The fourth-order valence-electron chi connectivity index (χ4n) is 4.76. The van der Waals surface area contributed by atoms with Crippen LogP contribution in [0.1, 0.15) is 63.2 Å². The summed E-state index contributed by atoms with van der Waals surface area (Å²) < 4.78 is 83.0. The third-order valence-corrected chi connectivity index (χ3v) is 6.93. The lowest BCUT2D eigenvalue weighted by Gasteiger charge is -2.22. The third-order valence-electron chi connectivity index (χ3n) is 6.93. The van der Waals surface area contributed by atoms with E-state index in [0.717, 1.165) is 12.1 Å². The van der Waals surface area contributed by atoms with Gasteiger partial charge in [-0.25, -0.2) is 13.2 Å². The molecule has 0 aromatic heterocycles. The van der Waals surface area contributed by atoms with Crippen LogP contribution < -0.4 is 9.47 Å². The maximum absolute atomic E-state index is 15.0. The Bertz CT molecular complexity index is 1440. The Labute approximate surface area is 229 Å². The first kappa shape index (κ1) is 29.3. The molecule has 0 saturated heterocycles. The van der Waals surface area contributed by atoms with Crippen molar-refractivity contribution in [3.05, 3.63) is 88.8 Å². The maximum Gasteiger partial charge on any atom is 0.314 e. The number of rotatable bonds is 9. The van der Waals surface area contributed by atoms with Crippen LogP contribution in [0.3, 0.4) is 0 Å². The largest absolute Gasteiger partial charge is 0.491 e. The van der Waals surface area contributed by atoms with Crippen molar-refractivity contribution in [3.63, 3.8) is 0 Å². The second kappa shape index (κ2) is 12.6. The summed E-state index contributed by atoms with van der Waals surface area (Å²) in [6, 6.07) is 8.99. The van der Waals surface area contributed by atoms with E-state index >= 15 is 4.39 Å². The summed E-state index contributed by atoms with van der Waals surface area (Å²) in [6.45, 7) is 3.61. The van der Waals surface area contributed by atoms with Crippen molar-refractivity contribution in [1.29, 1.82) is 0 Å². The molecule has 0 fully saturated rings. The van der Waals surface area contributed by atoms with Gasteiger partial charge in [0.1, 0.15) is 5.82 Å². The van der Waals surface area contributed by atoms with Gasteiger partial charge in [0.25, 0.3) is 0 Å². The van der Waals surface area contributed by atoms with E-state index < -0.39 is 52.8 Å². The van der Waals surface area contributed by atoms with Crippen LogP contribution in [0.25, 0.3) is 16.7 Å². The van der Waals surface area contributed by atoms with Gasteiger partial charge in [-0.1, -0.05) is 31.6 Å². The van der Waals surface area contributed by atoms with Crippen molar-refractivity contribution in [2.24, 2.45) is 5.92 Å². The van der Waals surface area contributed by atoms with Gasteiger partial charge < -0.3 is 14.6 Å². The van der Waals surface area contributed by atoms with Gasteiger partial charge in [-0.2, -0.15) is 8.78 Å². The Morgan fingerprint density at radius 1 is 0.925 bits per heavy atom. The summed E-state index contributed by atoms with van der Waals surface area (Å²) in [7, 11) is 0. The first-order valence-corrected chi connectivity index (χ1v) is 13.1. The highest BCUT2D eigenvalue weighted by molar-refractivity contribution is 5.78. The predicted octanol–water partition coefficient (Wildman–Crippen LogP) is 8.07. The zero-order chi connectivity index (χ0) is 29.0. The Morgan fingerprint density at radius 3 is 2.27 bits per heavy atom. The minimum absolute atomic E-state index is 0.108. The number of esters is 1. The van der Waals surface area contributed by atoms with Crippen molar-refractivity contribution in [3.8, 4) is 22.6 Å². The number of allylic oxidation sites excluding steroid dienone is 2. The lowest BCUT2D eigenvalue weighted by Crippen LogP contribution is -2.23. The zero-order valence-electron chi connectivity index (χ0n) is 22.1. The maximum atomic E-state index is 15.0. The Hall–Kier alpha value is -3.72. The third kappa shape index (κ3) is 6.04. The van der Waals surface area contributed by atoms with E-state index in [4.69, 9.17) is 9.47 Å². The number of hydrogen-bond acceptors (Lipinski definition) is 4. The van der Waals surface area contributed by atoms with E-state index in [2.05, 4.69) is 0 Å². The SMILES string of the molecule is CCCC(O)c1ccc(OC(=O)C2CC=C(c3ccc(-c4ccc(OCC)c(F)c4F)cc3F)CC2)c(F)c1F. The summed E-state index contributed by atoms with van der Waals surface area (Å²) >= 11 is 0. The molecule has 1 aliphatic rings. The number of carbonyl (C=O) groups excluding carboxylic acids is 1. The van der Waals surface area contributed by atoms with E-state index in [-0.39, 0.29) is 53.9 Å². The van der Waals surface area contributed by atoms with Crippen LogP contribution in [0, 0.1) is 35.0 Å². The molecular weight excluding hydrogens is 531 g/mol. The van der Waals surface area contributed by atoms with E-state index in [1.165, 1.54) is 30.3 Å². The second-order valence-corrected chi connectivity index (χ2v) is 9.57. The highest BCUT2D eigenvalue weighted by atomic mass is 19.2. The summed E-state index contributed by atoms with van der Waals surface area (Å²) in [5.41, 5.74) is 0.729. The monoisotopic (exact) mass is 560 g/mol. The second-order valence-electron chi connectivity index (χ2n) is 9.57. The van der Waals surface area contributed by atoms with Gasteiger partial charge in [-0.3, -0.25) is 4.79 Å². The van der Waals surface area contributed by atoms with E-state index in [0.29, 0.717) is 18.4 Å². The molecule has 4 rings (SSSR count). The molecule has 0 bridgehead atoms.